The van der Waals surface area contributed by atoms with E-state index in [4.69, 9.17) is 6.42 Å². The van der Waals surface area contributed by atoms with Crippen molar-refractivity contribution in [3.63, 3.8) is 0 Å². The molecule has 0 atom stereocenters. The molecule has 3 heteroatoms. The third-order valence-electron chi connectivity index (χ3n) is 2.26. The Labute approximate surface area is 87.3 Å². The maximum absolute atomic E-state index is 11.5. The fourth-order valence-electron chi connectivity index (χ4n) is 1.56. The Balaban J connectivity index is 2.77. The van der Waals surface area contributed by atoms with Gasteiger partial charge in [0.2, 0.25) is 0 Å². The molecule has 0 saturated heterocycles. The fourth-order valence-corrected chi connectivity index (χ4v) is 1.56. The van der Waals surface area contributed by atoms with Gasteiger partial charge in [-0.2, -0.15) is 0 Å². The number of esters is 1. The van der Waals surface area contributed by atoms with Gasteiger partial charge in [0, 0.05) is 17.6 Å². The lowest BCUT2D eigenvalue weighted by atomic mass is 10.2. The number of fused-ring (bicyclic) bond motifs is 1. The maximum Gasteiger partial charge on any atom is 0.340 e. The third-order valence-corrected chi connectivity index (χ3v) is 2.26. The Morgan fingerprint density at radius 1 is 1.47 bits per heavy atom. The smallest absolute Gasteiger partial charge is 0.340 e. The molecule has 1 heterocycles. The summed E-state index contributed by atoms with van der Waals surface area (Å²) in [6.45, 7) is 0. The number of carbonyl (C=O) groups is 1. The molecule has 0 aliphatic rings. The predicted molar refractivity (Wildman–Crippen MR) is 57.5 cm³/mol. The maximum atomic E-state index is 11.5. The van der Waals surface area contributed by atoms with Gasteiger partial charge in [-0.05, 0) is 6.07 Å². The number of carbonyl (C=O) groups excluding carboxylic acids is 1. The zero-order valence-corrected chi connectivity index (χ0v) is 8.23. The first kappa shape index (κ1) is 9.35. The molecule has 1 aromatic carbocycles. The minimum absolute atomic E-state index is 0.375. The van der Waals surface area contributed by atoms with Gasteiger partial charge >= 0.3 is 5.97 Å². The average molecular weight is 199 g/mol. The van der Waals surface area contributed by atoms with Crippen molar-refractivity contribution in [3.8, 4) is 12.5 Å². The summed E-state index contributed by atoms with van der Waals surface area (Å²) in [5.41, 5.74) is 1.33. The first-order valence-electron chi connectivity index (χ1n) is 4.43. The van der Waals surface area contributed by atoms with Crippen molar-refractivity contribution in [3.05, 3.63) is 36.0 Å². The highest BCUT2D eigenvalue weighted by atomic mass is 16.5. The molecule has 0 spiro atoms. The van der Waals surface area contributed by atoms with Crippen LogP contribution >= 0.6 is 0 Å². The lowest BCUT2D eigenvalue weighted by Crippen LogP contribution is -1.99. The summed E-state index contributed by atoms with van der Waals surface area (Å²) in [6, 6.07) is 9.91. The van der Waals surface area contributed by atoms with E-state index in [0.29, 0.717) is 5.56 Å². The van der Waals surface area contributed by atoms with Crippen molar-refractivity contribution in [2.75, 3.05) is 7.11 Å². The van der Waals surface area contributed by atoms with Crippen molar-refractivity contribution in [2.45, 2.75) is 0 Å². The van der Waals surface area contributed by atoms with E-state index in [1.54, 1.807) is 10.8 Å². The predicted octanol–water partition coefficient (Wildman–Crippen LogP) is 1.87. The quantitative estimate of drug-likeness (QED) is 0.518. The van der Waals surface area contributed by atoms with Gasteiger partial charge in [-0.3, -0.25) is 4.57 Å². The number of benzene rings is 1. The molecule has 0 saturated carbocycles. The minimum Gasteiger partial charge on any atom is -0.465 e. The molecule has 3 nitrogen and oxygen atoms in total. The van der Waals surface area contributed by atoms with Crippen LogP contribution in [-0.4, -0.2) is 17.6 Å². The normalized spacial score (nSPS) is 9.87. The van der Waals surface area contributed by atoms with Crippen molar-refractivity contribution in [1.82, 2.24) is 4.57 Å². The number of rotatable bonds is 1. The highest BCUT2D eigenvalue weighted by Crippen LogP contribution is 2.20. The van der Waals surface area contributed by atoms with Gasteiger partial charge in [-0.15, -0.1) is 0 Å². The minimum atomic E-state index is -0.375. The topological polar surface area (TPSA) is 31.2 Å². The van der Waals surface area contributed by atoms with E-state index in [9.17, 15) is 4.79 Å². The van der Waals surface area contributed by atoms with E-state index in [1.807, 2.05) is 24.3 Å². The van der Waals surface area contributed by atoms with Crippen LogP contribution < -0.4 is 0 Å². The van der Waals surface area contributed by atoms with E-state index in [-0.39, 0.29) is 5.97 Å². The Bertz CT molecular complexity index is 560. The van der Waals surface area contributed by atoms with Crippen molar-refractivity contribution in [2.24, 2.45) is 0 Å². The van der Waals surface area contributed by atoms with Crippen molar-refractivity contribution >= 4 is 16.9 Å². The van der Waals surface area contributed by atoms with Crippen LogP contribution in [0.5, 0.6) is 0 Å². The Morgan fingerprint density at radius 2 is 2.20 bits per heavy atom. The monoisotopic (exact) mass is 199 g/mol. The van der Waals surface area contributed by atoms with Crippen molar-refractivity contribution in [1.29, 1.82) is 0 Å². The van der Waals surface area contributed by atoms with Gasteiger partial charge in [0.25, 0.3) is 0 Å². The lowest BCUT2D eigenvalue weighted by molar-refractivity contribution is 0.0603. The van der Waals surface area contributed by atoms with E-state index in [0.717, 1.165) is 10.9 Å². The molecular formula is C12H9NO2. The van der Waals surface area contributed by atoms with Gasteiger partial charge in [-0.25, -0.2) is 4.79 Å². The van der Waals surface area contributed by atoms with E-state index in [2.05, 4.69) is 10.8 Å². The Hall–Kier alpha value is -2.21. The lowest BCUT2D eigenvalue weighted by Gasteiger charge is -1.95. The second-order valence-corrected chi connectivity index (χ2v) is 3.05. The van der Waals surface area contributed by atoms with Crippen molar-refractivity contribution < 1.29 is 9.53 Å². The standard InChI is InChI=1S/C12H9NO2/c1-3-13-8-10(12(14)15-2)9-6-4-5-7-11(9)13/h1,4-8H,2H3. The zero-order valence-electron chi connectivity index (χ0n) is 8.23. The molecule has 2 rings (SSSR count). The van der Waals surface area contributed by atoms with Crippen LogP contribution in [0.2, 0.25) is 0 Å². The second kappa shape index (κ2) is 3.50. The molecule has 0 aliphatic heterocycles. The largest absolute Gasteiger partial charge is 0.465 e. The Morgan fingerprint density at radius 3 is 2.87 bits per heavy atom. The highest BCUT2D eigenvalue weighted by Gasteiger charge is 2.13. The summed E-state index contributed by atoms with van der Waals surface area (Å²) in [6.07, 6.45) is 6.94. The van der Waals surface area contributed by atoms with Crippen LogP contribution in [-0.2, 0) is 4.74 Å². The van der Waals surface area contributed by atoms with Gasteiger partial charge in [0.1, 0.15) is 0 Å². The molecule has 0 radical (unpaired) electrons. The molecule has 0 fully saturated rings. The average Bonchev–Trinajstić information content (AvgIpc) is 2.67. The van der Waals surface area contributed by atoms with E-state index < -0.39 is 0 Å². The zero-order chi connectivity index (χ0) is 10.8. The van der Waals surface area contributed by atoms with Gasteiger partial charge in [0.05, 0.1) is 18.2 Å². The van der Waals surface area contributed by atoms with Gasteiger partial charge in [0.15, 0.2) is 0 Å². The van der Waals surface area contributed by atoms with E-state index in [1.165, 1.54) is 7.11 Å². The fraction of sp³-hybridized carbons (Fsp3) is 0.0833. The van der Waals surface area contributed by atoms with Crippen LogP contribution in [0.15, 0.2) is 30.5 Å². The molecule has 0 bridgehead atoms. The second-order valence-electron chi connectivity index (χ2n) is 3.05. The molecule has 0 amide bonds. The number of methoxy groups -OCH3 is 1. The van der Waals surface area contributed by atoms with Crippen LogP contribution in [0.3, 0.4) is 0 Å². The number of nitrogens with zero attached hydrogens (tertiary/aromatic N) is 1. The summed E-state index contributed by atoms with van der Waals surface area (Å²) < 4.78 is 6.25. The number of para-hydroxylation sites is 1. The third kappa shape index (κ3) is 1.36. The molecule has 0 unspecified atom stereocenters. The number of aromatic nitrogens is 1. The molecule has 0 N–H and O–H groups in total. The van der Waals surface area contributed by atoms with Crippen LogP contribution in [0.1, 0.15) is 10.4 Å². The summed E-state index contributed by atoms with van der Waals surface area (Å²) in [5.74, 6) is -0.375. The summed E-state index contributed by atoms with van der Waals surface area (Å²) >= 11 is 0. The molecule has 74 valence electrons. The molecule has 0 aliphatic carbocycles. The first-order chi connectivity index (χ1) is 7.27. The Kier molecular flexibility index (Phi) is 2.18. The van der Waals surface area contributed by atoms with E-state index >= 15 is 0 Å². The summed E-state index contributed by atoms with van der Waals surface area (Å²) in [7, 11) is 1.35. The van der Waals surface area contributed by atoms with Crippen LogP contribution in [0.25, 0.3) is 10.9 Å². The van der Waals surface area contributed by atoms with Crippen LogP contribution in [0.4, 0.5) is 0 Å². The molecule has 2 aromatic rings. The SMILES string of the molecule is C#Cn1cc(C(=O)OC)c2ccccc21. The first-order valence-corrected chi connectivity index (χ1v) is 4.43. The van der Waals surface area contributed by atoms with Gasteiger partial charge in [-0.1, -0.05) is 24.6 Å². The molecule has 1 aromatic heterocycles. The summed E-state index contributed by atoms with van der Waals surface area (Å²) in [4.78, 5) is 11.5. The molecular weight excluding hydrogens is 190 g/mol. The van der Waals surface area contributed by atoms with Crippen LogP contribution in [0, 0.1) is 12.5 Å². The van der Waals surface area contributed by atoms with Gasteiger partial charge < -0.3 is 4.74 Å². The number of hydrogen-bond donors (Lipinski definition) is 0. The number of hydrogen-bond acceptors (Lipinski definition) is 2. The number of terminal acetylenes is 1. The highest BCUT2D eigenvalue weighted by molar-refractivity contribution is 6.04. The summed E-state index contributed by atoms with van der Waals surface area (Å²) in [5, 5.41) is 0.808. The number of ether oxygens (including phenoxy) is 1. The molecule has 15 heavy (non-hydrogen) atoms.